The number of carboxylic acids is 1. The molecule has 0 aliphatic rings. The molecule has 0 aliphatic carbocycles. The first-order valence-electron chi connectivity index (χ1n) is 6.90. The van der Waals surface area contributed by atoms with Crippen molar-refractivity contribution in [1.29, 1.82) is 0 Å². The van der Waals surface area contributed by atoms with Gasteiger partial charge in [0.1, 0.15) is 0 Å². The van der Waals surface area contributed by atoms with E-state index < -0.39 is 11.9 Å². The van der Waals surface area contributed by atoms with Crippen LogP contribution in [0.25, 0.3) is 11.3 Å². The summed E-state index contributed by atoms with van der Waals surface area (Å²) in [6.07, 6.45) is 0. The summed E-state index contributed by atoms with van der Waals surface area (Å²) in [6.45, 7) is 0. The average molecular weight is 359 g/mol. The number of hydrogen-bond acceptors (Lipinski definition) is 4. The highest BCUT2D eigenvalue weighted by Crippen LogP contribution is 2.30. The van der Waals surface area contributed by atoms with Gasteiger partial charge in [0.05, 0.1) is 16.8 Å². The van der Waals surface area contributed by atoms with Gasteiger partial charge >= 0.3 is 5.97 Å². The number of anilines is 1. The number of aromatic nitrogens is 1. The lowest BCUT2D eigenvalue weighted by molar-refractivity contribution is 0.0692. The lowest BCUT2D eigenvalue weighted by Gasteiger charge is -2.05. The molecule has 0 fully saturated rings. The number of carbonyl (C=O) groups excluding carboxylic acids is 1. The number of amides is 1. The van der Waals surface area contributed by atoms with E-state index in [1.54, 1.807) is 23.6 Å². The maximum absolute atomic E-state index is 12.3. The van der Waals surface area contributed by atoms with Crippen LogP contribution in [0.1, 0.15) is 20.7 Å². The summed E-state index contributed by atoms with van der Waals surface area (Å²) in [5, 5.41) is 14.5. The quantitative estimate of drug-likeness (QED) is 0.723. The Morgan fingerprint density at radius 2 is 1.71 bits per heavy atom. The molecule has 1 amide bonds. The van der Waals surface area contributed by atoms with Gasteiger partial charge in [-0.15, -0.1) is 11.3 Å². The van der Waals surface area contributed by atoms with Crippen LogP contribution in [0.2, 0.25) is 5.02 Å². The van der Waals surface area contributed by atoms with E-state index in [0.29, 0.717) is 15.8 Å². The van der Waals surface area contributed by atoms with Crippen LogP contribution in [0.15, 0.2) is 53.9 Å². The number of rotatable bonds is 4. The van der Waals surface area contributed by atoms with Crippen LogP contribution in [-0.2, 0) is 0 Å². The van der Waals surface area contributed by atoms with Crippen LogP contribution in [0.3, 0.4) is 0 Å². The minimum atomic E-state index is -1.16. The average Bonchev–Trinajstić information content (AvgIpc) is 3.03. The summed E-state index contributed by atoms with van der Waals surface area (Å²) in [4.78, 5) is 27.9. The van der Waals surface area contributed by atoms with Gasteiger partial charge in [-0.25, -0.2) is 9.78 Å². The molecule has 120 valence electrons. The third-order valence-electron chi connectivity index (χ3n) is 3.28. The van der Waals surface area contributed by atoms with Gasteiger partial charge in [0.2, 0.25) is 0 Å². The molecule has 1 aromatic heterocycles. The highest BCUT2D eigenvalue weighted by Gasteiger charge is 2.17. The van der Waals surface area contributed by atoms with Crippen molar-refractivity contribution in [2.75, 3.05) is 5.32 Å². The highest BCUT2D eigenvalue weighted by molar-refractivity contribution is 7.14. The second-order valence-electron chi connectivity index (χ2n) is 4.82. The first-order chi connectivity index (χ1) is 11.6. The van der Waals surface area contributed by atoms with Gasteiger partial charge in [0.25, 0.3) is 5.91 Å². The minimum Gasteiger partial charge on any atom is -0.478 e. The number of halogens is 1. The maximum atomic E-state index is 12.3. The second-order valence-corrected chi connectivity index (χ2v) is 6.09. The van der Waals surface area contributed by atoms with E-state index in [0.717, 1.165) is 5.56 Å². The Balaban J connectivity index is 1.84. The topological polar surface area (TPSA) is 79.3 Å². The van der Waals surface area contributed by atoms with Gasteiger partial charge < -0.3 is 5.11 Å². The van der Waals surface area contributed by atoms with E-state index in [-0.39, 0.29) is 11.1 Å². The van der Waals surface area contributed by atoms with Gasteiger partial charge in [-0.05, 0) is 18.2 Å². The highest BCUT2D eigenvalue weighted by atomic mass is 35.5. The third-order valence-corrected chi connectivity index (χ3v) is 4.36. The van der Waals surface area contributed by atoms with Gasteiger partial charge in [-0.3, -0.25) is 10.1 Å². The molecule has 3 rings (SSSR count). The number of carboxylic acid groups (broad SMARTS) is 1. The molecular weight excluding hydrogens is 348 g/mol. The maximum Gasteiger partial charge on any atom is 0.336 e. The normalized spacial score (nSPS) is 10.4. The fourth-order valence-corrected chi connectivity index (χ4v) is 3.09. The largest absolute Gasteiger partial charge is 0.478 e. The van der Waals surface area contributed by atoms with E-state index in [9.17, 15) is 9.59 Å². The molecule has 1 heterocycles. The Kier molecular flexibility index (Phi) is 4.59. The van der Waals surface area contributed by atoms with Gasteiger partial charge in [0.15, 0.2) is 5.13 Å². The first kappa shape index (κ1) is 16.2. The molecule has 0 unspecified atom stereocenters. The van der Waals surface area contributed by atoms with E-state index in [1.165, 1.54) is 23.5 Å². The second kappa shape index (κ2) is 6.82. The lowest BCUT2D eigenvalue weighted by atomic mass is 10.1. The predicted molar refractivity (Wildman–Crippen MR) is 93.9 cm³/mol. The zero-order valence-corrected chi connectivity index (χ0v) is 13.8. The fourth-order valence-electron chi connectivity index (χ4n) is 2.16. The van der Waals surface area contributed by atoms with E-state index >= 15 is 0 Å². The number of aromatic carboxylic acids is 1. The summed E-state index contributed by atoms with van der Waals surface area (Å²) in [5.41, 5.74) is 1.44. The Labute approximate surface area is 146 Å². The molecule has 5 nitrogen and oxygen atoms in total. The number of nitrogens with one attached hydrogen (secondary N) is 1. The third kappa shape index (κ3) is 3.29. The lowest BCUT2D eigenvalue weighted by Crippen LogP contribution is -2.16. The Morgan fingerprint density at radius 1 is 1.04 bits per heavy atom. The van der Waals surface area contributed by atoms with Crippen molar-refractivity contribution in [2.45, 2.75) is 0 Å². The number of thiazole rings is 1. The van der Waals surface area contributed by atoms with Crippen molar-refractivity contribution < 1.29 is 14.7 Å². The van der Waals surface area contributed by atoms with Crippen LogP contribution in [0.5, 0.6) is 0 Å². The molecule has 3 aromatic rings. The molecule has 24 heavy (non-hydrogen) atoms. The Morgan fingerprint density at radius 3 is 2.42 bits per heavy atom. The monoisotopic (exact) mass is 358 g/mol. The summed E-state index contributed by atoms with van der Waals surface area (Å²) in [6, 6.07) is 13.3. The van der Waals surface area contributed by atoms with E-state index in [1.807, 2.05) is 18.2 Å². The van der Waals surface area contributed by atoms with E-state index in [2.05, 4.69) is 10.3 Å². The zero-order valence-electron chi connectivity index (χ0n) is 12.2. The Hall–Kier alpha value is -2.70. The zero-order chi connectivity index (χ0) is 17.1. The van der Waals surface area contributed by atoms with Crippen molar-refractivity contribution in [3.63, 3.8) is 0 Å². The van der Waals surface area contributed by atoms with E-state index in [4.69, 9.17) is 16.7 Å². The molecule has 0 aliphatic heterocycles. The molecular formula is C17H11ClN2O3S. The summed E-state index contributed by atoms with van der Waals surface area (Å²) in [5.74, 6) is -1.68. The van der Waals surface area contributed by atoms with Gasteiger partial charge in [-0.2, -0.15) is 0 Å². The summed E-state index contributed by atoms with van der Waals surface area (Å²) >= 11 is 7.38. The molecule has 0 radical (unpaired) electrons. The van der Waals surface area contributed by atoms with Crippen molar-refractivity contribution >= 4 is 39.9 Å². The smallest absolute Gasteiger partial charge is 0.336 e. The number of nitrogens with zero attached hydrogens (tertiary/aromatic N) is 1. The number of benzene rings is 2. The molecule has 0 bridgehead atoms. The van der Waals surface area contributed by atoms with Gasteiger partial charge in [0, 0.05) is 16.0 Å². The minimum absolute atomic E-state index is 0.0575. The Bertz CT molecular complexity index is 923. The molecule has 0 spiro atoms. The van der Waals surface area contributed by atoms with Crippen LogP contribution in [-0.4, -0.2) is 22.0 Å². The SMILES string of the molecule is O=C(O)c1ccccc1C(=O)Nc1nc(-c2ccccc2Cl)cs1. The molecule has 0 atom stereocenters. The van der Waals surface area contributed by atoms with Crippen molar-refractivity contribution in [3.05, 3.63) is 70.1 Å². The van der Waals surface area contributed by atoms with Crippen LogP contribution in [0, 0.1) is 0 Å². The van der Waals surface area contributed by atoms with Crippen LogP contribution < -0.4 is 5.32 Å². The van der Waals surface area contributed by atoms with Crippen LogP contribution in [0.4, 0.5) is 5.13 Å². The standard InChI is InChI=1S/C17H11ClN2O3S/c18-13-8-4-3-7-12(13)14-9-24-17(19-14)20-15(21)10-5-1-2-6-11(10)16(22)23/h1-9H,(H,22,23)(H,19,20,21). The molecule has 0 saturated heterocycles. The first-order valence-corrected chi connectivity index (χ1v) is 8.16. The fraction of sp³-hybridized carbons (Fsp3) is 0. The number of carbonyl (C=O) groups is 2. The van der Waals surface area contributed by atoms with Crippen molar-refractivity contribution in [2.24, 2.45) is 0 Å². The molecule has 2 N–H and O–H groups in total. The predicted octanol–water partition coefficient (Wildman–Crippen LogP) is 4.41. The van der Waals surface area contributed by atoms with Gasteiger partial charge in [-0.1, -0.05) is 41.9 Å². The van der Waals surface area contributed by atoms with Crippen molar-refractivity contribution in [3.8, 4) is 11.3 Å². The molecule has 2 aromatic carbocycles. The van der Waals surface area contributed by atoms with Crippen LogP contribution >= 0.6 is 22.9 Å². The molecule has 0 saturated carbocycles. The summed E-state index contributed by atoms with van der Waals surface area (Å²) in [7, 11) is 0. The van der Waals surface area contributed by atoms with Crippen molar-refractivity contribution in [1.82, 2.24) is 4.98 Å². The molecule has 7 heteroatoms. The summed E-state index contributed by atoms with van der Waals surface area (Å²) < 4.78 is 0. The number of hydrogen-bond donors (Lipinski definition) is 2.